The van der Waals surface area contributed by atoms with Crippen LogP contribution in [0.5, 0.6) is 0 Å². The third-order valence-electron chi connectivity index (χ3n) is 4.47. The second-order valence-electron chi connectivity index (χ2n) is 6.33. The number of aromatic amines is 2. The van der Waals surface area contributed by atoms with Gasteiger partial charge in [0, 0.05) is 6.54 Å². The van der Waals surface area contributed by atoms with Crippen molar-refractivity contribution >= 4 is 30.4 Å². The molecule has 0 radical (unpaired) electrons. The van der Waals surface area contributed by atoms with Crippen molar-refractivity contribution in [1.82, 2.24) is 15.0 Å². The molecule has 0 spiro atoms. The van der Waals surface area contributed by atoms with Gasteiger partial charge in [0.2, 0.25) is 10.7 Å². The van der Waals surface area contributed by atoms with Gasteiger partial charge in [-0.1, -0.05) is 57.8 Å². The van der Waals surface area contributed by atoms with E-state index in [4.69, 9.17) is 24.4 Å². The first-order valence-corrected chi connectivity index (χ1v) is 9.50. The van der Waals surface area contributed by atoms with Crippen molar-refractivity contribution in [1.29, 1.82) is 0 Å². The van der Waals surface area contributed by atoms with E-state index in [1.807, 2.05) is 0 Å². The van der Waals surface area contributed by atoms with Crippen LogP contribution in [-0.2, 0) is 0 Å². The molecule has 2 rings (SSSR count). The summed E-state index contributed by atoms with van der Waals surface area (Å²) in [7, 11) is 0. The quantitative estimate of drug-likeness (QED) is 0.487. The van der Waals surface area contributed by atoms with Crippen LogP contribution in [0.2, 0.25) is 0 Å². The lowest BCUT2D eigenvalue weighted by atomic mass is 9.89. The molecule has 1 aliphatic carbocycles. The van der Waals surface area contributed by atoms with E-state index in [0.29, 0.717) is 15.5 Å². The zero-order chi connectivity index (χ0) is 15.6. The van der Waals surface area contributed by atoms with Gasteiger partial charge in [-0.2, -0.15) is 4.98 Å². The van der Waals surface area contributed by atoms with E-state index in [2.05, 4.69) is 20.3 Å². The summed E-state index contributed by atoms with van der Waals surface area (Å²) >= 11 is 10.1. The van der Waals surface area contributed by atoms with E-state index in [1.165, 1.54) is 70.6 Å². The summed E-state index contributed by atoms with van der Waals surface area (Å²) in [5.74, 6) is 1.59. The zero-order valence-corrected chi connectivity index (χ0v) is 15.0. The van der Waals surface area contributed by atoms with Gasteiger partial charge in [-0.05, 0) is 43.2 Å². The summed E-state index contributed by atoms with van der Waals surface area (Å²) in [4.78, 5) is 9.98. The smallest absolute Gasteiger partial charge is 0.205 e. The Morgan fingerprint density at radius 1 is 0.955 bits per heavy atom. The van der Waals surface area contributed by atoms with Gasteiger partial charge >= 0.3 is 0 Å². The van der Waals surface area contributed by atoms with Gasteiger partial charge in [0.05, 0.1) is 0 Å². The van der Waals surface area contributed by atoms with Crippen LogP contribution in [0.15, 0.2) is 0 Å². The second-order valence-corrected chi connectivity index (χ2v) is 7.13. The van der Waals surface area contributed by atoms with Crippen molar-refractivity contribution in [3.8, 4) is 0 Å². The topological polar surface area (TPSA) is 56.5 Å². The first kappa shape index (κ1) is 17.6. The van der Waals surface area contributed by atoms with Crippen LogP contribution >= 0.6 is 24.4 Å². The van der Waals surface area contributed by atoms with Crippen LogP contribution in [0.3, 0.4) is 0 Å². The minimum Gasteiger partial charge on any atom is -0.356 e. The molecule has 0 atom stereocenters. The molecule has 0 saturated heterocycles. The molecule has 1 aromatic rings. The summed E-state index contributed by atoms with van der Waals surface area (Å²) in [6.07, 6.45) is 15.3. The van der Waals surface area contributed by atoms with Crippen molar-refractivity contribution in [2.45, 2.75) is 70.6 Å². The fourth-order valence-electron chi connectivity index (χ4n) is 3.26. The third-order valence-corrected chi connectivity index (χ3v) is 4.87. The molecule has 0 amide bonds. The fourth-order valence-corrected chi connectivity index (χ4v) is 3.71. The summed E-state index contributed by atoms with van der Waals surface area (Å²) in [5.41, 5.74) is 0. The minimum absolute atomic E-state index is 0.429. The molecule has 0 bridgehead atoms. The van der Waals surface area contributed by atoms with Gasteiger partial charge in [-0.25, -0.2) is 0 Å². The van der Waals surface area contributed by atoms with Crippen LogP contribution < -0.4 is 5.32 Å². The average molecular weight is 341 g/mol. The van der Waals surface area contributed by atoms with Crippen molar-refractivity contribution < 1.29 is 0 Å². The van der Waals surface area contributed by atoms with Crippen molar-refractivity contribution in [3.05, 3.63) is 9.54 Å². The van der Waals surface area contributed by atoms with Crippen molar-refractivity contribution in [2.75, 3.05) is 11.9 Å². The standard InChI is InChI=1S/C16H28N4S2/c21-15-18-14(19-16(22)20-15)17-12-8-11-13-9-6-4-2-1-3-5-7-10-13/h13H,1-12H2,(H3,17,18,19,20,21,22). The highest BCUT2D eigenvalue weighted by Gasteiger charge is 2.10. The molecule has 1 aliphatic rings. The number of rotatable bonds is 5. The highest BCUT2D eigenvalue weighted by Crippen LogP contribution is 2.24. The molecule has 0 unspecified atom stereocenters. The first-order valence-electron chi connectivity index (χ1n) is 8.68. The van der Waals surface area contributed by atoms with E-state index < -0.39 is 0 Å². The molecule has 1 aromatic heterocycles. The molecular formula is C16H28N4S2. The zero-order valence-electron chi connectivity index (χ0n) is 13.3. The minimum atomic E-state index is 0.429. The molecule has 1 saturated carbocycles. The normalized spacial score (nSPS) is 18.0. The van der Waals surface area contributed by atoms with Crippen LogP contribution in [-0.4, -0.2) is 21.5 Å². The summed E-state index contributed by atoms with van der Waals surface area (Å²) in [6.45, 7) is 0.924. The van der Waals surface area contributed by atoms with Gasteiger partial charge in [-0.3, -0.25) is 0 Å². The Morgan fingerprint density at radius 2 is 1.59 bits per heavy atom. The lowest BCUT2D eigenvalue weighted by molar-refractivity contribution is 0.364. The number of hydrogen-bond donors (Lipinski definition) is 3. The molecule has 6 heteroatoms. The van der Waals surface area contributed by atoms with Crippen LogP contribution in [0.25, 0.3) is 0 Å². The number of hydrogen-bond acceptors (Lipinski definition) is 4. The van der Waals surface area contributed by atoms with E-state index in [-0.39, 0.29) is 0 Å². The van der Waals surface area contributed by atoms with Crippen LogP contribution in [0, 0.1) is 15.5 Å². The summed E-state index contributed by atoms with van der Waals surface area (Å²) in [5, 5.41) is 3.30. The summed E-state index contributed by atoms with van der Waals surface area (Å²) in [6, 6.07) is 0. The molecule has 124 valence electrons. The Bertz CT molecular complexity index is 499. The first-order chi connectivity index (χ1) is 10.7. The Balaban J connectivity index is 1.69. The Kier molecular flexibility index (Phi) is 8.08. The highest BCUT2D eigenvalue weighted by molar-refractivity contribution is 7.71. The molecule has 0 aliphatic heterocycles. The number of anilines is 1. The lowest BCUT2D eigenvalue weighted by Gasteiger charge is -2.18. The third kappa shape index (κ3) is 7.01. The van der Waals surface area contributed by atoms with Crippen molar-refractivity contribution in [2.24, 2.45) is 5.92 Å². The highest BCUT2D eigenvalue weighted by atomic mass is 32.1. The average Bonchev–Trinajstić information content (AvgIpc) is 2.49. The van der Waals surface area contributed by atoms with Crippen LogP contribution in [0.4, 0.5) is 5.95 Å². The predicted octanol–water partition coefficient (Wildman–Crippen LogP) is 5.53. The predicted molar refractivity (Wildman–Crippen MR) is 97.4 cm³/mol. The van der Waals surface area contributed by atoms with E-state index >= 15 is 0 Å². The number of nitrogens with one attached hydrogen (secondary N) is 3. The number of aromatic nitrogens is 3. The van der Waals surface area contributed by atoms with Gasteiger partial charge in [0.1, 0.15) is 0 Å². The van der Waals surface area contributed by atoms with Crippen LogP contribution in [0.1, 0.15) is 70.6 Å². The molecule has 4 nitrogen and oxygen atoms in total. The largest absolute Gasteiger partial charge is 0.356 e. The van der Waals surface area contributed by atoms with Gasteiger partial charge in [-0.15, -0.1) is 0 Å². The van der Waals surface area contributed by atoms with E-state index in [1.54, 1.807) is 0 Å². The molecule has 0 aromatic carbocycles. The number of H-pyrrole nitrogens is 2. The van der Waals surface area contributed by atoms with Gasteiger partial charge in [0.25, 0.3) is 0 Å². The fraction of sp³-hybridized carbons (Fsp3) is 0.812. The molecule has 1 fully saturated rings. The maximum Gasteiger partial charge on any atom is 0.205 e. The molecule has 22 heavy (non-hydrogen) atoms. The molecule has 1 heterocycles. The lowest BCUT2D eigenvalue weighted by Crippen LogP contribution is -2.09. The second kappa shape index (κ2) is 10.1. The maximum atomic E-state index is 5.06. The Morgan fingerprint density at radius 3 is 2.23 bits per heavy atom. The van der Waals surface area contributed by atoms with E-state index in [9.17, 15) is 0 Å². The Hall–Kier alpha value is -0.750. The summed E-state index contributed by atoms with van der Waals surface area (Å²) < 4.78 is 0.952. The molecular weight excluding hydrogens is 312 g/mol. The van der Waals surface area contributed by atoms with E-state index in [0.717, 1.165) is 12.5 Å². The molecule has 3 N–H and O–H groups in total. The monoisotopic (exact) mass is 340 g/mol. The van der Waals surface area contributed by atoms with Gasteiger partial charge in [0.15, 0.2) is 4.77 Å². The Labute approximate surface area is 143 Å². The number of nitrogens with zero attached hydrogens (tertiary/aromatic N) is 1. The maximum absolute atomic E-state index is 5.06. The van der Waals surface area contributed by atoms with Crippen molar-refractivity contribution in [3.63, 3.8) is 0 Å². The SMILES string of the molecule is S=c1nc(NCCCC2CCCCCCCCC2)[nH]c(=S)[nH]1. The van der Waals surface area contributed by atoms with Gasteiger partial charge < -0.3 is 15.3 Å².